The van der Waals surface area contributed by atoms with Crippen molar-refractivity contribution in [2.45, 2.75) is 146 Å². The molecule has 0 aliphatic carbocycles. The molecule has 1 saturated heterocycles. The van der Waals surface area contributed by atoms with E-state index in [0.29, 0.717) is 25.8 Å². The number of nitrogens with zero attached hydrogens (tertiary/aromatic N) is 1. The minimum absolute atomic E-state index is 0.0195. The predicted octanol–water partition coefficient (Wildman–Crippen LogP) is -5.53. The van der Waals surface area contributed by atoms with Crippen LogP contribution in [0, 0.1) is 11.8 Å². The van der Waals surface area contributed by atoms with Crippen molar-refractivity contribution < 1.29 is 82.4 Å². The Hall–Kier alpha value is -8.32. The lowest BCUT2D eigenvalue weighted by Crippen LogP contribution is -2.59. The van der Waals surface area contributed by atoms with Gasteiger partial charge in [0.2, 0.25) is 70.9 Å². The molecule has 472 valence electrons. The summed E-state index contributed by atoms with van der Waals surface area (Å²) in [5.74, 6) is -13.2. The Kier molecular flexibility index (Phi) is 30.4. The number of likely N-dealkylation sites (tertiary alicyclic amines) is 1. The second kappa shape index (κ2) is 36.4. The van der Waals surface area contributed by atoms with Gasteiger partial charge in [0.05, 0.1) is 38.9 Å². The largest absolute Gasteiger partial charge is 0.481 e. The summed E-state index contributed by atoms with van der Waals surface area (Å²) < 4.78 is 0. The minimum Gasteiger partial charge on any atom is -0.481 e. The SMILES string of the molecule is CNC(=O)CNC(=O)C(CO)NC(=O)C(CO)NC(=O)C1CCCN1C(=O)CNC(=O)CNC(=O)C(CCC(N)=O)NC(=O)C(CCCCN)NC(=O)C(CC(C)C)NC(=O)C(CC(=O)C(CCC(=O)O)NC(C)=O)CC1CNc2ccccc21. The number of hydrogen-bond acceptors (Lipinski definition) is 18. The van der Waals surface area contributed by atoms with Crippen molar-refractivity contribution in [3.8, 4) is 0 Å². The lowest BCUT2D eigenvalue weighted by molar-refractivity contribution is -0.140. The normalized spacial score (nSPS) is 16.6. The summed E-state index contributed by atoms with van der Waals surface area (Å²) in [6, 6.07) is -2.34. The molecule has 18 N–H and O–H groups in total. The maximum Gasteiger partial charge on any atom is 0.303 e. The number of aliphatic hydroxyl groups excluding tert-OH is 2. The van der Waals surface area contributed by atoms with E-state index < -0.39 is 183 Å². The van der Waals surface area contributed by atoms with E-state index in [9.17, 15) is 82.4 Å². The number of ketones is 1. The smallest absolute Gasteiger partial charge is 0.303 e. The summed E-state index contributed by atoms with van der Waals surface area (Å²) in [6.07, 6.45) is -0.588. The number of likely N-dealkylation sites (N-methyl/N-ethyl adjacent to an activating group) is 1. The predicted molar refractivity (Wildman–Crippen MR) is 302 cm³/mol. The van der Waals surface area contributed by atoms with Crippen molar-refractivity contribution in [1.29, 1.82) is 0 Å². The molecule has 1 aromatic carbocycles. The highest BCUT2D eigenvalue weighted by molar-refractivity contribution is 5.98. The number of amides is 12. The Morgan fingerprint density at radius 1 is 0.671 bits per heavy atom. The van der Waals surface area contributed by atoms with Crippen molar-refractivity contribution in [1.82, 2.24) is 58.1 Å². The van der Waals surface area contributed by atoms with Crippen LogP contribution in [0.3, 0.4) is 0 Å². The number of nitrogens with one attached hydrogen (secondary N) is 11. The van der Waals surface area contributed by atoms with Crippen LogP contribution in [0.15, 0.2) is 24.3 Å². The van der Waals surface area contributed by atoms with Gasteiger partial charge in [-0.15, -0.1) is 0 Å². The molecule has 0 aromatic heterocycles. The first kappa shape index (κ1) is 70.9. The zero-order valence-electron chi connectivity index (χ0n) is 48.4. The third-order valence-corrected chi connectivity index (χ3v) is 14.0. The van der Waals surface area contributed by atoms with E-state index in [1.807, 2.05) is 24.3 Å². The van der Waals surface area contributed by atoms with Crippen LogP contribution in [0.2, 0.25) is 0 Å². The van der Waals surface area contributed by atoms with Crippen molar-refractivity contribution in [3.63, 3.8) is 0 Å². The number of unbranched alkanes of at least 4 members (excludes halogenated alkanes) is 1. The molecule has 1 fully saturated rings. The van der Waals surface area contributed by atoms with Crippen LogP contribution < -0.4 is 70.0 Å². The van der Waals surface area contributed by atoms with Crippen LogP contribution in [-0.2, 0) is 67.1 Å². The summed E-state index contributed by atoms with van der Waals surface area (Å²) in [7, 11) is 1.33. The molecule has 0 radical (unpaired) electrons. The lowest BCUT2D eigenvalue weighted by Gasteiger charge is -2.28. The first-order valence-corrected chi connectivity index (χ1v) is 28.2. The Balaban J connectivity index is 1.72. The second-order valence-electron chi connectivity index (χ2n) is 21.2. The van der Waals surface area contributed by atoms with Crippen LogP contribution >= 0.6 is 0 Å². The fourth-order valence-corrected chi connectivity index (χ4v) is 9.53. The second-order valence-corrected chi connectivity index (χ2v) is 21.2. The standard InChI is InChI=1S/C54H84N14O17/c1-29(2)20-38(65-48(79)31(21-32-23-58-34-11-6-5-10-33(32)34)22-42(72)35(62-30(3)71)15-17-47(77)78)52(83)63-36(12-7-8-18-55)51(82)64-37(14-16-43(56)73)49(80)61-25-45(75)59-26-46(76)68-19-9-13-41(68)54(85)67-40(28-70)53(84)66-39(27-69)50(81)60-24-44(74)57-4/h5-6,10-11,29,31-32,35-41,58,69-70H,7-9,12-28,55H2,1-4H3,(H2,56,73)(H,57,74)(H,59,75)(H,60,81)(H,61,80)(H,62,71)(H,63,83)(H,64,82)(H,65,79)(H,66,84)(H,67,85)(H,77,78). The van der Waals surface area contributed by atoms with Gasteiger partial charge in [-0.1, -0.05) is 32.0 Å². The molecule has 2 aliphatic heterocycles. The number of rotatable bonds is 38. The summed E-state index contributed by atoms with van der Waals surface area (Å²) in [4.78, 5) is 183. The number of aliphatic hydroxyl groups is 2. The van der Waals surface area contributed by atoms with Gasteiger partial charge in [0.25, 0.3) is 0 Å². The van der Waals surface area contributed by atoms with Crippen LogP contribution in [0.5, 0.6) is 0 Å². The highest BCUT2D eigenvalue weighted by atomic mass is 16.4. The van der Waals surface area contributed by atoms with E-state index in [1.54, 1.807) is 13.8 Å². The van der Waals surface area contributed by atoms with Gasteiger partial charge in [0.15, 0.2) is 5.78 Å². The number of benzene rings is 1. The number of fused-ring (bicyclic) bond motifs is 1. The van der Waals surface area contributed by atoms with Crippen molar-refractivity contribution in [3.05, 3.63) is 29.8 Å². The molecule has 31 heteroatoms. The lowest BCUT2D eigenvalue weighted by atomic mass is 9.85. The number of carbonyl (C=O) groups is 14. The molecule has 0 bridgehead atoms. The van der Waals surface area contributed by atoms with Gasteiger partial charge in [-0.05, 0) is 81.9 Å². The first-order chi connectivity index (χ1) is 40.3. The highest BCUT2D eigenvalue weighted by Crippen LogP contribution is 2.36. The molecule has 9 atom stereocenters. The number of anilines is 1. The van der Waals surface area contributed by atoms with E-state index in [4.69, 9.17) is 11.5 Å². The highest BCUT2D eigenvalue weighted by Gasteiger charge is 2.38. The van der Waals surface area contributed by atoms with E-state index >= 15 is 0 Å². The number of carbonyl (C=O) groups excluding carboxylic acids is 13. The molecule has 0 saturated carbocycles. The fraction of sp³-hybridized carbons (Fsp3) is 0.630. The van der Waals surface area contributed by atoms with Crippen LogP contribution in [0.4, 0.5) is 5.69 Å². The molecule has 1 aromatic rings. The summed E-state index contributed by atoms with van der Waals surface area (Å²) in [5, 5.41) is 56.3. The molecular weight excluding hydrogens is 1120 g/mol. The molecule has 3 rings (SSSR count). The number of para-hydroxylation sites is 1. The van der Waals surface area contributed by atoms with E-state index in [2.05, 4.69) is 58.5 Å². The van der Waals surface area contributed by atoms with Gasteiger partial charge in [0, 0.05) is 63.8 Å². The maximum atomic E-state index is 14.5. The average molecular weight is 1200 g/mol. The van der Waals surface area contributed by atoms with Crippen LogP contribution in [0.1, 0.15) is 109 Å². The number of carboxylic acids is 1. The molecule has 2 heterocycles. The fourth-order valence-electron chi connectivity index (χ4n) is 9.53. The van der Waals surface area contributed by atoms with E-state index in [-0.39, 0.29) is 63.5 Å². The van der Waals surface area contributed by atoms with Gasteiger partial charge in [-0.25, -0.2) is 0 Å². The van der Waals surface area contributed by atoms with Crippen molar-refractivity contribution in [2.75, 3.05) is 64.8 Å². The number of nitrogens with two attached hydrogens (primary N) is 2. The van der Waals surface area contributed by atoms with Crippen molar-refractivity contribution in [2.24, 2.45) is 23.3 Å². The topological polar surface area (TPSA) is 487 Å². The number of primary amides is 1. The van der Waals surface area contributed by atoms with Gasteiger partial charge in [0.1, 0.15) is 36.3 Å². The molecule has 12 amide bonds. The van der Waals surface area contributed by atoms with Crippen molar-refractivity contribution >= 4 is 88.3 Å². The molecule has 0 spiro atoms. The Bertz CT molecular complexity index is 2550. The Morgan fingerprint density at radius 3 is 1.86 bits per heavy atom. The monoisotopic (exact) mass is 1200 g/mol. The minimum atomic E-state index is -1.64. The molecule has 2 aliphatic rings. The quantitative estimate of drug-likeness (QED) is 0.0275. The Morgan fingerprint density at radius 2 is 1.25 bits per heavy atom. The first-order valence-electron chi connectivity index (χ1n) is 28.2. The number of Topliss-reactive ketones (excluding diaryl/α,β-unsaturated/α-hetero) is 1. The Labute approximate surface area is 491 Å². The zero-order chi connectivity index (χ0) is 63.3. The average Bonchev–Trinajstić information content (AvgIpc) is 3.50. The van der Waals surface area contributed by atoms with Gasteiger partial charge < -0.3 is 90.2 Å². The third-order valence-electron chi connectivity index (χ3n) is 14.0. The number of aliphatic carboxylic acids is 1. The van der Waals surface area contributed by atoms with E-state index in [1.165, 1.54) is 14.0 Å². The molecule has 31 nitrogen and oxygen atoms in total. The third kappa shape index (κ3) is 24.4. The molecule has 9 unspecified atom stereocenters. The van der Waals surface area contributed by atoms with Gasteiger partial charge >= 0.3 is 5.97 Å². The van der Waals surface area contributed by atoms with Gasteiger partial charge in [-0.3, -0.25) is 67.1 Å². The number of hydrogen-bond donors (Lipinski definition) is 16. The zero-order valence-corrected chi connectivity index (χ0v) is 48.4. The van der Waals surface area contributed by atoms with E-state index in [0.717, 1.165) is 16.2 Å². The van der Waals surface area contributed by atoms with Crippen LogP contribution in [-0.4, -0.2) is 205 Å². The van der Waals surface area contributed by atoms with Crippen LogP contribution in [0.25, 0.3) is 0 Å². The van der Waals surface area contributed by atoms with Gasteiger partial charge in [-0.2, -0.15) is 0 Å². The summed E-state index contributed by atoms with van der Waals surface area (Å²) >= 11 is 0. The maximum absolute atomic E-state index is 14.5. The molecule has 85 heavy (non-hydrogen) atoms. The summed E-state index contributed by atoms with van der Waals surface area (Å²) in [5.41, 5.74) is 12.9. The molecular formula is C54H84N14O17. The number of carboxylic acid groups (broad SMARTS) is 1. The summed E-state index contributed by atoms with van der Waals surface area (Å²) in [6.45, 7) is 1.69.